The smallest absolute Gasteiger partial charge is 0.330 e. The van der Waals surface area contributed by atoms with Crippen LogP contribution < -0.4 is 0 Å². The maximum absolute atomic E-state index is 12.4. The molecule has 0 spiro atoms. The van der Waals surface area contributed by atoms with Gasteiger partial charge in [0.2, 0.25) is 0 Å². The van der Waals surface area contributed by atoms with E-state index in [1.807, 2.05) is 58.0 Å². The Balaban J connectivity index is 1.79. The molecular formula is C26H31N3O5. The van der Waals surface area contributed by atoms with E-state index in [9.17, 15) is 14.7 Å². The molecule has 1 N–H and O–H groups in total. The van der Waals surface area contributed by atoms with Crippen LogP contribution in [0.15, 0.2) is 49.1 Å². The predicted molar refractivity (Wildman–Crippen MR) is 129 cm³/mol. The molecule has 8 heteroatoms. The van der Waals surface area contributed by atoms with Gasteiger partial charge in [-0.05, 0) is 42.0 Å². The maximum atomic E-state index is 12.4. The van der Waals surface area contributed by atoms with Crippen LogP contribution in [0.25, 0.3) is 16.7 Å². The number of aryl methyl sites for hydroxylation is 1. The van der Waals surface area contributed by atoms with Gasteiger partial charge in [0.1, 0.15) is 35.2 Å². The van der Waals surface area contributed by atoms with Crippen LogP contribution in [0.5, 0.6) is 5.75 Å². The standard InChI is InChI=1S/C26H31N3O5/c1-6-18(34-23(30)7-2)16-33-24(31)13-12-17-14-19(26(3,4)5)25(32)22(15-17)29-27-20-10-8-9-11-21(20)28-29/h7-11,14-15,18,32H,2,6,12-13,16H2,1,3-5H3. The number of esters is 2. The number of carbonyl (C=O) groups excluding carboxylic acids is 2. The molecule has 0 aliphatic heterocycles. The largest absolute Gasteiger partial charge is 0.505 e. The van der Waals surface area contributed by atoms with E-state index in [-0.39, 0.29) is 24.2 Å². The highest BCUT2D eigenvalue weighted by molar-refractivity contribution is 5.81. The van der Waals surface area contributed by atoms with Crippen molar-refractivity contribution in [2.45, 2.75) is 58.5 Å². The van der Waals surface area contributed by atoms with Crippen molar-refractivity contribution in [2.24, 2.45) is 0 Å². The molecule has 0 radical (unpaired) electrons. The third kappa shape index (κ3) is 6.01. The van der Waals surface area contributed by atoms with E-state index in [4.69, 9.17) is 9.47 Å². The van der Waals surface area contributed by atoms with Crippen molar-refractivity contribution in [3.63, 3.8) is 0 Å². The van der Waals surface area contributed by atoms with Crippen molar-refractivity contribution in [1.82, 2.24) is 15.0 Å². The van der Waals surface area contributed by atoms with Gasteiger partial charge in [0.15, 0.2) is 0 Å². The summed E-state index contributed by atoms with van der Waals surface area (Å²) in [5.74, 6) is -0.842. The lowest BCUT2D eigenvalue weighted by Crippen LogP contribution is -2.24. The van der Waals surface area contributed by atoms with E-state index in [2.05, 4.69) is 16.8 Å². The molecule has 0 aliphatic carbocycles. The average Bonchev–Trinajstić information content (AvgIpc) is 3.24. The van der Waals surface area contributed by atoms with E-state index in [1.165, 1.54) is 4.80 Å². The molecule has 0 saturated carbocycles. The van der Waals surface area contributed by atoms with Gasteiger partial charge >= 0.3 is 11.9 Å². The molecule has 3 rings (SSSR count). The number of phenolic OH excluding ortho intramolecular Hbond substituents is 1. The van der Waals surface area contributed by atoms with Crippen molar-refractivity contribution in [3.8, 4) is 11.4 Å². The van der Waals surface area contributed by atoms with Gasteiger partial charge in [-0.3, -0.25) is 4.79 Å². The van der Waals surface area contributed by atoms with Crippen LogP contribution in [0.1, 0.15) is 51.7 Å². The highest BCUT2D eigenvalue weighted by Gasteiger charge is 2.23. The lowest BCUT2D eigenvalue weighted by atomic mass is 9.84. The number of hydrogen-bond acceptors (Lipinski definition) is 7. The molecule has 0 saturated heterocycles. The second-order valence-corrected chi connectivity index (χ2v) is 9.09. The molecule has 1 heterocycles. The molecule has 2 aromatic carbocycles. The molecule has 8 nitrogen and oxygen atoms in total. The molecule has 0 fully saturated rings. The zero-order valence-corrected chi connectivity index (χ0v) is 20.1. The van der Waals surface area contributed by atoms with Gasteiger partial charge < -0.3 is 14.6 Å². The molecule has 0 aliphatic rings. The number of benzene rings is 2. The minimum atomic E-state index is -0.547. The van der Waals surface area contributed by atoms with Gasteiger partial charge in [-0.15, -0.1) is 15.0 Å². The number of phenols is 1. The predicted octanol–water partition coefficient (Wildman–Crippen LogP) is 4.41. The molecule has 180 valence electrons. The quantitative estimate of drug-likeness (QED) is 0.369. The molecule has 1 unspecified atom stereocenters. The van der Waals surface area contributed by atoms with Gasteiger partial charge in [-0.1, -0.05) is 52.5 Å². The highest BCUT2D eigenvalue weighted by Crippen LogP contribution is 2.36. The Kier molecular flexibility index (Phi) is 7.71. The Morgan fingerprint density at radius 2 is 1.82 bits per heavy atom. The van der Waals surface area contributed by atoms with Gasteiger partial charge in [0.25, 0.3) is 0 Å². The molecular weight excluding hydrogens is 434 g/mol. The number of ether oxygens (including phenoxy) is 2. The van der Waals surface area contributed by atoms with E-state index >= 15 is 0 Å². The summed E-state index contributed by atoms with van der Waals surface area (Å²) in [6.07, 6.45) is 1.63. The molecule has 34 heavy (non-hydrogen) atoms. The third-order valence-corrected chi connectivity index (χ3v) is 5.41. The Morgan fingerprint density at radius 3 is 2.38 bits per heavy atom. The van der Waals surface area contributed by atoms with Gasteiger partial charge in [-0.2, -0.15) is 0 Å². The second kappa shape index (κ2) is 10.5. The van der Waals surface area contributed by atoms with Crippen LogP contribution in [0, 0.1) is 0 Å². The number of aromatic nitrogens is 3. The minimum Gasteiger partial charge on any atom is -0.505 e. The van der Waals surface area contributed by atoms with E-state index in [0.29, 0.717) is 18.5 Å². The first-order valence-corrected chi connectivity index (χ1v) is 11.3. The number of carbonyl (C=O) groups is 2. The minimum absolute atomic E-state index is 0.00716. The Hall–Kier alpha value is -3.68. The summed E-state index contributed by atoms with van der Waals surface area (Å²) in [5.41, 5.74) is 3.13. The summed E-state index contributed by atoms with van der Waals surface area (Å²) in [6, 6.07) is 11.2. The van der Waals surface area contributed by atoms with Gasteiger partial charge in [0.05, 0.1) is 0 Å². The Bertz CT molecular complexity index is 1160. The van der Waals surface area contributed by atoms with Crippen molar-refractivity contribution in [3.05, 3.63) is 60.2 Å². The summed E-state index contributed by atoms with van der Waals surface area (Å²) >= 11 is 0. The lowest BCUT2D eigenvalue weighted by Gasteiger charge is -2.23. The normalized spacial score (nSPS) is 12.4. The SMILES string of the molecule is C=CC(=O)OC(CC)COC(=O)CCc1cc(-n2nc3ccccc3n2)c(O)c(C(C)(C)C)c1. The number of hydrogen-bond donors (Lipinski definition) is 1. The van der Waals surface area contributed by atoms with E-state index in [0.717, 1.165) is 28.2 Å². The zero-order valence-electron chi connectivity index (χ0n) is 20.1. The van der Waals surface area contributed by atoms with E-state index in [1.54, 1.807) is 6.07 Å². The first-order chi connectivity index (χ1) is 16.1. The summed E-state index contributed by atoms with van der Waals surface area (Å²) in [4.78, 5) is 25.1. The first kappa shape index (κ1) is 25.0. The monoisotopic (exact) mass is 465 g/mol. The Morgan fingerprint density at radius 1 is 1.18 bits per heavy atom. The zero-order chi connectivity index (χ0) is 24.9. The topological polar surface area (TPSA) is 104 Å². The number of fused-ring (bicyclic) bond motifs is 1. The summed E-state index contributed by atoms with van der Waals surface area (Å²) in [6.45, 7) is 11.2. The highest BCUT2D eigenvalue weighted by atomic mass is 16.6. The van der Waals surface area contributed by atoms with Crippen LogP contribution in [-0.4, -0.2) is 44.7 Å². The summed E-state index contributed by atoms with van der Waals surface area (Å²) in [5, 5.41) is 20.0. The summed E-state index contributed by atoms with van der Waals surface area (Å²) in [7, 11) is 0. The lowest BCUT2D eigenvalue weighted by molar-refractivity contribution is -0.155. The third-order valence-electron chi connectivity index (χ3n) is 5.41. The van der Waals surface area contributed by atoms with Crippen LogP contribution in [0.3, 0.4) is 0 Å². The molecule has 3 aromatic rings. The second-order valence-electron chi connectivity index (χ2n) is 9.09. The number of nitrogens with zero attached hydrogens (tertiary/aromatic N) is 3. The number of aromatic hydroxyl groups is 1. The van der Waals surface area contributed by atoms with Gasteiger partial charge in [0, 0.05) is 18.1 Å². The fourth-order valence-corrected chi connectivity index (χ4v) is 3.47. The van der Waals surface area contributed by atoms with Crippen molar-refractivity contribution in [2.75, 3.05) is 6.61 Å². The van der Waals surface area contributed by atoms with E-state index < -0.39 is 18.0 Å². The molecule has 0 bridgehead atoms. The van der Waals surface area contributed by atoms with Crippen LogP contribution in [0.4, 0.5) is 0 Å². The average molecular weight is 466 g/mol. The molecule has 1 atom stereocenters. The first-order valence-electron chi connectivity index (χ1n) is 11.3. The van der Waals surface area contributed by atoms with Crippen molar-refractivity contribution >= 4 is 23.0 Å². The van der Waals surface area contributed by atoms with Crippen LogP contribution >= 0.6 is 0 Å². The van der Waals surface area contributed by atoms with Crippen molar-refractivity contribution < 1.29 is 24.2 Å². The maximum Gasteiger partial charge on any atom is 0.330 e. The van der Waals surface area contributed by atoms with Crippen LogP contribution in [-0.2, 0) is 30.9 Å². The summed E-state index contributed by atoms with van der Waals surface area (Å²) < 4.78 is 10.4. The van der Waals surface area contributed by atoms with Crippen molar-refractivity contribution in [1.29, 1.82) is 0 Å². The Labute approximate surface area is 199 Å². The van der Waals surface area contributed by atoms with Gasteiger partial charge in [-0.25, -0.2) is 4.79 Å². The molecule has 0 amide bonds. The fourth-order valence-electron chi connectivity index (χ4n) is 3.47. The molecule has 1 aromatic heterocycles. The fraction of sp³-hybridized carbons (Fsp3) is 0.385. The number of rotatable bonds is 9. The van der Waals surface area contributed by atoms with Crippen LogP contribution in [0.2, 0.25) is 0 Å².